The highest BCUT2D eigenvalue weighted by atomic mass is 16.7. The van der Waals surface area contributed by atoms with Crippen LogP contribution >= 0.6 is 0 Å². The van der Waals surface area contributed by atoms with Crippen molar-refractivity contribution in [1.82, 2.24) is 0 Å². The van der Waals surface area contributed by atoms with Gasteiger partial charge in [0, 0.05) is 13.2 Å². The van der Waals surface area contributed by atoms with E-state index in [9.17, 15) is 10.1 Å². The van der Waals surface area contributed by atoms with E-state index in [1.807, 2.05) is 58.0 Å². The average Bonchev–Trinajstić information content (AvgIpc) is 2.92. The molecule has 1 heterocycles. The number of nitro benzene ring substituents is 1. The molecule has 0 aliphatic carbocycles. The third-order valence-electron chi connectivity index (χ3n) is 5.43. The van der Waals surface area contributed by atoms with Gasteiger partial charge < -0.3 is 18.8 Å². The minimum Gasteiger partial charge on any atom is -0.468 e. The van der Waals surface area contributed by atoms with Crippen molar-refractivity contribution in [2.45, 2.75) is 38.9 Å². The number of hydrogen-bond donors (Lipinski definition) is 0. The third kappa shape index (κ3) is 4.72. The second-order valence-electron chi connectivity index (χ2n) is 8.12. The Hall–Kier alpha value is -2.68. The van der Waals surface area contributed by atoms with Crippen LogP contribution in [0.2, 0.25) is 0 Å². The van der Waals surface area contributed by atoms with Gasteiger partial charge in [0.05, 0.1) is 21.7 Å². The van der Waals surface area contributed by atoms with Crippen LogP contribution in [-0.2, 0) is 14.0 Å². The molecule has 30 heavy (non-hydrogen) atoms. The van der Waals surface area contributed by atoms with Gasteiger partial charge >= 0.3 is 7.12 Å². The van der Waals surface area contributed by atoms with E-state index in [0.29, 0.717) is 11.3 Å². The van der Waals surface area contributed by atoms with E-state index in [4.69, 9.17) is 18.8 Å². The zero-order valence-electron chi connectivity index (χ0n) is 17.9. The molecule has 158 valence electrons. The highest BCUT2D eigenvalue weighted by molar-refractivity contribution is 6.62. The lowest BCUT2D eigenvalue weighted by atomic mass is 9.78. The maximum atomic E-state index is 11.4. The maximum Gasteiger partial charge on any atom is 0.494 e. The molecule has 0 aromatic heterocycles. The molecule has 0 bridgehead atoms. The molecule has 0 N–H and O–H groups in total. The fourth-order valence-electron chi connectivity index (χ4n) is 3.02. The van der Waals surface area contributed by atoms with Crippen molar-refractivity contribution < 1.29 is 23.7 Å². The van der Waals surface area contributed by atoms with Crippen molar-refractivity contribution in [3.05, 3.63) is 63.7 Å². The lowest BCUT2D eigenvalue weighted by Crippen LogP contribution is -2.41. The summed E-state index contributed by atoms with van der Waals surface area (Å²) in [5, 5.41) is 11.4. The topological polar surface area (TPSA) is 80.1 Å². The van der Waals surface area contributed by atoms with Gasteiger partial charge in [0.25, 0.3) is 5.69 Å². The van der Waals surface area contributed by atoms with Gasteiger partial charge in [-0.3, -0.25) is 10.1 Å². The van der Waals surface area contributed by atoms with Crippen LogP contribution in [0, 0.1) is 10.1 Å². The van der Waals surface area contributed by atoms with Crippen LogP contribution < -0.4 is 10.2 Å². The summed E-state index contributed by atoms with van der Waals surface area (Å²) in [6, 6.07) is 12.3. The van der Waals surface area contributed by atoms with Crippen LogP contribution in [0.1, 0.15) is 38.8 Å². The monoisotopic (exact) mass is 411 g/mol. The summed E-state index contributed by atoms with van der Waals surface area (Å²) in [6.07, 6.45) is 3.51. The molecule has 1 aliphatic rings. The van der Waals surface area contributed by atoms with E-state index >= 15 is 0 Å². The summed E-state index contributed by atoms with van der Waals surface area (Å²) in [7, 11) is 1.04. The van der Waals surface area contributed by atoms with Gasteiger partial charge in [0.15, 0.2) is 6.79 Å². The van der Waals surface area contributed by atoms with E-state index in [1.165, 1.54) is 13.2 Å². The summed E-state index contributed by atoms with van der Waals surface area (Å²) in [5.74, 6) is 0.494. The first-order chi connectivity index (χ1) is 14.1. The molecule has 1 aliphatic heterocycles. The zero-order valence-corrected chi connectivity index (χ0v) is 17.9. The normalized spacial score (nSPS) is 17.4. The molecule has 0 amide bonds. The van der Waals surface area contributed by atoms with Gasteiger partial charge in [-0.15, -0.1) is 0 Å². The second kappa shape index (κ2) is 8.59. The van der Waals surface area contributed by atoms with Gasteiger partial charge in [-0.1, -0.05) is 30.3 Å². The Bertz CT molecular complexity index is 940. The summed E-state index contributed by atoms with van der Waals surface area (Å²) < 4.78 is 22.5. The molecule has 2 aromatic carbocycles. The van der Waals surface area contributed by atoms with Crippen molar-refractivity contribution >= 4 is 30.4 Å². The third-order valence-corrected chi connectivity index (χ3v) is 5.43. The van der Waals surface area contributed by atoms with Crippen LogP contribution in [0.3, 0.4) is 0 Å². The molecule has 0 atom stereocenters. The maximum absolute atomic E-state index is 11.4. The smallest absolute Gasteiger partial charge is 0.468 e. The molecule has 2 aromatic rings. The molecule has 0 unspecified atom stereocenters. The summed E-state index contributed by atoms with van der Waals surface area (Å²) in [5.41, 5.74) is 1.36. The number of benzene rings is 2. The molecular formula is C22H26BNO6. The van der Waals surface area contributed by atoms with Crippen LogP contribution in [0.25, 0.3) is 12.2 Å². The van der Waals surface area contributed by atoms with Gasteiger partial charge in [-0.2, -0.15) is 0 Å². The van der Waals surface area contributed by atoms with Crippen molar-refractivity contribution in [2.75, 3.05) is 13.9 Å². The first-order valence-electron chi connectivity index (χ1n) is 9.67. The van der Waals surface area contributed by atoms with E-state index < -0.39 is 23.2 Å². The summed E-state index contributed by atoms with van der Waals surface area (Å²) in [4.78, 5) is 11.0. The van der Waals surface area contributed by atoms with Gasteiger partial charge in [-0.05, 0) is 56.9 Å². The highest BCUT2D eigenvalue weighted by Crippen LogP contribution is 2.36. The summed E-state index contributed by atoms with van der Waals surface area (Å²) >= 11 is 0. The average molecular weight is 411 g/mol. The molecule has 0 spiro atoms. The number of methoxy groups -OCH3 is 1. The minimum atomic E-state index is -0.469. The molecule has 0 radical (unpaired) electrons. The second-order valence-corrected chi connectivity index (χ2v) is 8.12. The number of rotatable bonds is 7. The molecule has 3 rings (SSSR count). The van der Waals surface area contributed by atoms with Crippen LogP contribution in [0.15, 0.2) is 42.5 Å². The molecule has 1 saturated heterocycles. The largest absolute Gasteiger partial charge is 0.494 e. The predicted octanol–water partition coefficient (Wildman–Crippen LogP) is 4.05. The Morgan fingerprint density at radius 2 is 1.77 bits per heavy atom. The fraction of sp³-hybridized carbons (Fsp3) is 0.364. The van der Waals surface area contributed by atoms with E-state index in [-0.39, 0.29) is 12.5 Å². The Morgan fingerprint density at radius 3 is 2.40 bits per heavy atom. The Morgan fingerprint density at radius 1 is 1.07 bits per heavy atom. The molecular weight excluding hydrogens is 385 g/mol. The van der Waals surface area contributed by atoms with Crippen molar-refractivity contribution in [2.24, 2.45) is 0 Å². The lowest BCUT2D eigenvalue weighted by Gasteiger charge is -2.32. The first kappa shape index (κ1) is 22.0. The Balaban J connectivity index is 1.85. The molecule has 7 nitrogen and oxygen atoms in total. The number of nitrogens with zero attached hydrogens (tertiary/aromatic N) is 1. The highest BCUT2D eigenvalue weighted by Gasteiger charge is 2.51. The standard InChI is InChI=1S/C22H26BNO6/c1-21(2)22(3,4)30-23(29-21)18-8-6-7-16(13-18)9-10-17-14-19(28-15-27-5)11-12-20(17)24(25)26/h6-14H,15H2,1-5H3/b10-9+. The van der Waals surface area contributed by atoms with Crippen LogP contribution in [-0.4, -0.2) is 37.1 Å². The van der Waals surface area contributed by atoms with Crippen LogP contribution in [0.5, 0.6) is 5.75 Å². The van der Waals surface area contributed by atoms with Crippen LogP contribution in [0.4, 0.5) is 5.69 Å². The minimum absolute atomic E-state index is 0.00173. The lowest BCUT2D eigenvalue weighted by molar-refractivity contribution is -0.385. The van der Waals surface area contributed by atoms with Crippen molar-refractivity contribution in [1.29, 1.82) is 0 Å². The first-order valence-corrected chi connectivity index (χ1v) is 9.67. The summed E-state index contributed by atoms with van der Waals surface area (Å²) in [6.45, 7) is 8.10. The zero-order chi connectivity index (χ0) is 21.9. The van der Waals surface area contributed by atoms with Crippen molar-refractivity contribution in [3.63, 3.8) is 0 Å². The van der Waals surface area contributed by atoms with E-state index in [2.05, 4.69) is 0 Å². The SMILES string of the molecule is COCOc1ccc([N+](=O)[O-])c(/C=C/c2cccc(B3OC(C)(C)C(C)(C)O3)c2)c1. The van der Waals surface area contributed by atoms with E-state index in [1.54, 1.807) is 18.2 Å². The van der Waals surface area contributed by atoms with E-state index in [0.717, 1.165) is 11.0 Å². The molecule has 1 fully saturated rings. The van der Waals surface area contributed by atoms with Gasteiger partial charge in [0.2, 0.25) is 0 Å². The fourth-order valence-corrected chi connectivity index (χ4v) is 3.02. The van der Waals surface area contributed by atoms with Crippen molar-refractivity contribution in [3.8, 4) is 5.75 Å². The predicted molar refractivity (Wildman–Crippen MR) is 117 cm³/mol. The number of hydrogen-bond acceptors (Lipinski definition) is 6. The molecule has 0 saturated carbocycles. The Kier molecular flexibility index (Phi) is 6.31. The quantitative estimate of drug-likeness (QED) is 0.225. The number of ether oxygens (including phenoxy) is 2. The van der Waals surface area contributed by atoms with Gasteiger partial charge in [-0.25, -0.2) is 0 Å². The van der Waals surface area contributed by atoms with Gasteiger partial charge in [0.1, 0.15) is 5.75 Å². The number of nitro groups is 1. The Labute approximate surface area is 176 Å². The molecule has 8 heteroatoms.